The van der Waals surface area contributed by atoms with Crippen molar-refractivity contribution in [3.63, 3.8) is 0 Å². The van der Waals surface area contributed by atoms with Crippen LogP contribution in [0, 0.1) is 0 Å². The standard InChI is InChI=1S/C12H16N2O5S/c13-20(18,19)10-7-5-9(6-8-10)14-11(15)3-1-2-4-12(16)17/h5-8H,1-4H2,(H,14,15)(H,16,17)(H2,13,18,19). The highest BCUT2D eigenvalue weighted by molar-refractivity contribution is 7.89. The highest BCUT2D eigenvalue weighted by Crippen LogP contribution is 2.13. The number of anilines is 1. The minimum Gasteiger partial charge on any atom is -0.481 e. The minimum atomic E-state index is -3.74. The van der Waals surface area contributed by atoms with E-state index in [4.69, 9.17) is 10.2 Å². The summed E-state index contributed by atoms with van der Waals surface area (Å²) in [5.41, 5.74) is 0.459. The molecule has 0 aromatic heterocycles. The highest BCUT2D eigenvalue weighted by Gasteiger charge is 2.08. The van der Waals surface area contributed by atoms with Crippen molar-refractivity contribution in [2.24, 2.45) is 5.14 Å². The number of benzene rings is 1. The predicted molar refractivity (Wildman–Crippen MR) is 72.5 cm³/mol. The second-order valence-electron chi connectivity index (χ2n) is 4.22. The van der Waals surface area contributed by atoms with Gasteiger partial charge in [0.25, 0.3) is 0 Å². The largest absolute Gasteiger partial charge is 0.481 e. The number of amides is 1. The molecule has 0 atom stereocenters. The summed E-state index contributed by atoms with van der Waals surface area (Å²) in [5.74, 6) is -1.14. The van der Waals surface area contributed by atoms with Gasteiger partial charge in [0.05, 0.1) is 4.90 Å². The van der Waals surface area contributed by atoms with Crippen LogP contribution in [0.1, 0.15) is 25.7 Å². The monoisotopic (exact) mass is 300 g/mol. The van der Waals surface area contributed by atoms with Crippen molar-refractivity contribution in [3.05, 3.63) is 24.3 Å². The van der Waals surface area contributed by atoms with Crippen LogP contribution in [-0.2, 0) is 19.6 Å². The van der Waals surface area contributed by atoms with Crippen molar-refractivity contribution in [3.8, 4) is 0 Å². The summed E-state index contributed by atoms with van der Waals surface area (Å²) in [5, 5.41) is 16.0. The van der Waals surface area contributed by atoms with Gasteiger partial charge in [0.2, 0.25) is 15.9 Å². The molecule has 0 radical (unpaired) electrons. The second-order valence-corrected chi connectivity index (χ2v) is 5.78. The Labute approximate surface area is 116 Å². The summed E-state index contributed by atoms with van der Waals surface area (Å²) >= 11 is 0. The molecular weight excluding hydrogens is 284 g/mol. The van der Waals surface area contributed by atoms with Crippen molar-refractivity contribution in [1.82, 2.24) is 0 Å². The van der Waals surface area contributed by atoms with Gasteiger partial charge < -0.3 is 10.4 Å². The first-order valence-electron chi connectivity index (χ1n) is 5.93. The Balaban J connectivity index is 2.44. The van der Waals surface area contributed by atoms with Crippen LogP contribution in [-0.4, -0.2) is 25.4 Å². The number of unbranched alkanes of at least 4 members (excludes halogenated alkanes) is 1. The van der Waals surface area contributed by atoms with E-state index in [1.807, 2.05) is 0 Å². The number of carboxylic acids is 1. The third-order valence-corrected chi connectivity index (χ3v) is 3.44. The molecular formula is C12H16N2O5S. The quantitative estimate of drug-likeness (QED) is 0.645. The molecule has 110 valence electrons. The second kappa shape index (κ2) is 7.01. The van der Waals surface area contributed by atoms with Crippen molar-refractivity contribution >= 4 is 27.6 Å². The van der Waals surface area contributed by atoms with Crippen LogP contribution < -0.4 is 10.5 Å². The average molecular weight is 300 g/mol. The van der Waals surface area contributed by atoms with Gasteiger partial charge in [-0.3, -0.25) is 9.59 Å². The Morgan fingerprint density at radius 1 is 1.10 bits per heavy atom. The molecule has 0 aliphatic carbocycles. The Morgan fingerprint density at radius 2 is 1.65 bits per heavy atom. The molecule has 1 amide bonds. The molecule has 0 bridgehead atoms. The molecule has 1 aromatic rings. The minimum absolute atomic E-state index is 0.0306. The lowest BCUT2D eigenvalue weighted by Gasteiger charge is -2.05. The zero-order valence-corrected chi connectivity index (χ0v) is 11.5. The van der Waals surface area contributed by atoms with Crippen LogP contribution in [0.5, 0.6) is 0 Å². The van der Waals surface area contributed by atoms with Gasteiger partial charge in [0, 0.05) is 18.5 Å². The molecule has 0 aliphatic heterocycles. The molecule has 0 unspecified atom stereocenters. The highest BCUT2D eigenvalue weighted by atomic mass is 32.2. The average Bonchev–Trinajstić information content (AvgIpc) is 2.34. The molecule has 0 spiro atoms. The first kappa shape index (κ1) is 16.1. The smallest absolute Gasteiger partial charge is 0.303 e. The summed E-state index contributed by atoms with van der Waals surface area (Å²) in [7, 11) is -3.74. The number of primary sulfonamides is 1. The number of hydrogen-bond acceptors (Lipinski definition) is 4. The van der Waals surface area contributed by atoms with Gasteiger partial charge in [-0.1, -0.05) is 0 Å². The number of aliphatic carboxylic acids is 1. The summed E-state index contributed by atoms with van der Waals surface area (Å²) in [6.07, 6.45) is 1.17. The molecule has 0 fully saturated rings. The number of carboxylic acid groups (broad SMARTS) is 1. The van der Waals surface area contributed by atoms with Crippen LogP contribution >= 0.6 is 0 Å². The number of carbonyl (C=O) groups is 2. The first-order chi connectivity index (χ1) is 9.29. The van der Waals surface area contributed by atoms with E-state index >= 15 is 0 Å². The fourth-order valence-corrected chi connectivity index (χ4v) is 2.03. The molecule has 0 saturated carbocycles. The molecule has 8 heteroatoms. The molecule has 7 nitrogen and oxygen atoms in total. The number of nitrogens with one attached hydrogen (secondary N) is 1. The van der Waals surface area contributed by atoms with E-state index in [9.17, 15) is 18.0 Å². The number of nitrogens with two attached hydrogens (primary N) is 1. The van der Waals surface area contributed by atoms with E-state index in [-0.39, 0.29) is 23.6 Å². The third-order valence-electron chi connectivity index (χ3n) is 2.51. The van der Waals surface area contributed by atoms with E-state index in [2.05, 4.69) is 5.32 Å². The molecule has 1 rings (SSSR count). The van der Waals surface area contributed by atoms with Crippen molar-refractivity contribution < 1.29 is 23.1 Å². The fraction of sp³-hybridized carbons (Fsp3) is 0.333. The third kappa shape index (κ3) is 5.81. The SMILES string of the molecule is NS(=O)(=O)c1ccc(NC(=O)CCCCC(=O)O)cc1. The summed E-state index contributed by atoms with van der Waals surface area (Å²) in [6, 6.07) is 5.48. The van der Waals surface area contributed by atoms with Gasteiger partial charge in [-0.2, -0.15) is 0 Å². The van der Waals surface area contributed by atoms with E-state index in [1.165, 1.54) is 24.3 Å². The lowest BCUT2D eigenvalue weighted by molar-refractivity contribution is -0.137. The first-order valence-corrected chi connectivity index (χ1v) is 7.48. The molecule has 20 heavy (non-hydrogen) atoms. The van der Waals surface area contributed by atoms with Crippen LogP contribution in [0.3, 0.4) is 0 Å². The fourth-order valence-electron chi connectivity index (χ4n) is 1.51. The van der Waals surface area contributed by atoms with Crippen LogP contribution in [0.2, 0.25) is 0 Å². The van der Waals surface area contributed by atoms with Crippen molar-refractivity contribution in [1.29, 1.82) is 0 Å². The maximum absolute atomic E-state index is 11.5. The number of hydrogen-bond donors (Lipinski definition) is 3. The van der Waals surface area contributed by atoms with Crippen LogP contribution in [0.4, 0.5) is 5.69 Å². The molecule has 0 aliphatic rings. The normalized spacial score (nSPS) is 11.1. The Bertz CT molecular complexity index is 580. The lowest BCUT2D eigenvalue weighted by Crippen LogP contribution is -2.13. The zero-order chi connectivity index (χ0) is 15.2. The molecule has 1 aromatic carbocycles. The number of carbonyl (C=O) groups excluding carboxylic acids is 1. The Morgan fingerprint density at radius 3 is 2.15 bits per heavy atom. The molecule has 4 N–H and O–H groups in total. The number of rotatable bonds is 7. The predicted octanol–water partition coefficient (Wildman–Crippen LogP) is 0.917. The maximum Gasteiger partial charge on any atom is 0.303 e. The topological polar surface area (TPSA) is 127 Å². The summed E-state index contributed by atoms with van der Waals surface area (Å²) in [6.45, 7) is 0. The summed E-state index contributed by atoms with van der Waals surface area (Å²) < 4.78 is 22.1. The molecule has 0 saturated heterocycles. The van der Waals surface area contributed by atoms with Crippen molar-refractivity contribution in [2.45, 2.75) is 30.6 Å². The van der Waals surface area contributed by atoms with E-state index in [0.717, 1.165) is 0 Å². The maximum atomic E-state index is 11.5. The van der Waals surface area contributed by atoms with Gasteiger partial charge in [0.15, 0.2) is 0 Å². The number of sulfonamides is 1. The molecule has 0 heterocycles. The van der Waals surface area contributed by atoms with Gasteiger partial charge in [-0.05, 0) is 37.1 Å². The zero-order valence-electron chi connectivity index (χ0n) is 10.7. The Hall–Kier alpha value is -1.93. The van der Waals surface area contributed by atoms with Gasteiger partial charge >= 0.3 is 5.97 Å². The van der Waals surface area contributed by atoms with E-state index in [1.54, 1.807) is 0 Å². The van der Waals surface area contributed by atoms with Crippen LogP contribution in [0.25, 0.3) is 0 Å². The van der Waals surface area contributed by atoms with Gasteiger partial charge in [-0.15, -0.1) is 0 Å². The van der Waals surface area contributed by atoms with Crippen LogP contribution in [0.15, 0.2) is 29.2 Å². The summed E-state index contributed by atoms with van der Waals surface area (Å²) in [4.78, 5) is 21.8. The van der Waals surface area contributed by atoms with Crippen molar-refractivity contribution in [2.75, 3.05) is 5.32 Å². The Kier molecular flexibility index (Phi) is 5.66. The van der Waals surface area contributed by atoms with Gasteiger partial charge in [-0.25, -0.2) is 13.6 Å². The van der Waals surface area contributed by atoms with E-state index in [0.29, 0.717) is 18.5 Å². The van der Waals surface area contributed by atoms with E-state index < -0.39 is 16.0 Å². The lowest BCUT2D eigenvalue weighted by atomic mass is 10.2. The van der Waals surface area contributed by atoms with Gasteiger partial charge in [0.1, 0.15) is 0 Å².